The van der Waals surface area contributed by atoms with Crippen LogP contribution in [-0.2, 0) is 4.79 Å². The lowest BCUT2D eigenvalue weighted by Crippen LogP contribution is -2.48. The van der Waals surface area contributed by atoms with Crippen molar-refractivity contribution in [2.75, 3.05) is 0 Å². The van der Waals surface area contributed by atoms with E-state index in [1.165, 1.54) is 6.07 Å². The first-order chi connectivity index (χ1) is 8.86. The molecule has 0 saturated carbocycles. The molecule has 0 aliphatic rings. The van der Waals surface area contributed by atoms with E-state index in [0.717, 1.165) is 12.1 Å². The third kappa shape index (κ3) is 3.92. The monoisotopic (exact) mass is 286 g/mol. The molecule has 0 aromatic heterocycles. The molecule has 2 amide bonds. The molecule has 6 heteroatoms. The highest BCUT2D eigenvalue weighted by Gasteiger charge is 2.24. The van der Waals surface area contributed by atoms with Crippen LogP contribution in [0.2, 0.25) is 5.02 Å². The van der Waals surface area contributed by atoms with Crippen LogP contribution in [-0.4, -0.2) is 17.9 Å². The molecule has 0 fully saturated rings. The smallest absolute Gasteiger partial charge is 0.253 e. The summed E-state index contributed by atoms with van der Waals surface area (Å²) in [5.41, 5.74) is 5.36. The molecule has 2 unspecified atom stereocenters. The minimum atomic E-state index is -0.779. The van der Waals surface area contributed by atoms with Gasteiger partial charge in [-0.05, 0) is 24.1 Å². The van der Waals surface area contributed by atoms with E-state index in [9.17, 15) is 14.0 Å². The SMILES string of the molecule is CCC(C)C(NC(=O)c1ccc(F)cc1Cl)C(N)=O. The molecular weight excluding hydrogens is 271 g/mol. The van der Waals surface area contributed by atoms with Crippen molar-refractivity contribution >= 4 is 23.4 Å². The molecule has 2 atom stereocenters. The first kappa shape index (κ1) is 15.4. The van der Waals surface area contributed by atoms with Crippen LogP contribution < -0.4 is 11.1 Å². The minimum absolute atomic E-state index is 0.00938. The Kier molecular flexibility index (Phi) is 5.30. The van der Waals surface area contributed by atoms with Crippen molar-refractivity contribution in [2.45, 2.75) is 26.3 Å². The van der Waals surface area contributed by atoms with Crippen LogP contribution in [0.15, 0.2) is 18.2 Å². The van der Waals surface area contributed by atoms with Gasteiger partial charge in [-0.15, -0.1) is 0 Å². The van der Waals surface area contributed by atoms with Gasteiger partial charge in [-0.3, -0.25) is 9.59 Å². The first-order valence-corrected chi connectivity index (χ1v) is 6.29. The lowest BCUT2D eigenvalue weighted by molar-refractivity contribution is -0.120. The Morgan fingerprint density at radius 2 is 2.11 bits per heavy atom. The number of nitrogens with two attached hydrogens (primary N) is 1. The Labute approximate surface area is 116 Å². The summed E-state index contributed by atoms with van der Waals surface area (Å²) in [5, 5.41) is 2.51. The van der Waals surface area contributed by atoms with Crippen molar-refractivity contribution in [1.29, 1.82) is 0 Å². The molecule has 3 N–H and O–H groups in total. The zero-order chi connectivity index (χ0) is 14.6. The predicted octanol–water partition coefficient (Wildman–Crippen LogP) is 2.11. The van der Waals surface area contributed by atoms with E-state index < -0.39 is 23.7 Å². The zero-order valence-electron chi connectivity index (χ0n) is 10.7. The van der Waals surface area contributed by atoms with Crippen LogP contribution in [0.5, 0.6) is 0 Å². The van der Waals surface area contributed by atoms with Crippen LogP contribution in [0.3, 0.4) is 0 Å². The summed E-state index contributed by atoms with van der Waals surface area (Å²) in [6, 6.07) is 2.66. The van der Waals surface area contributed by atoms with Crippen molar-refractivity contribution < 1.29 is 14.0 Å². The number of carbonyl (C=O) groups is 2. The van der Waals surface area contributed by atoms with Crippen LogP contribution in [0.25, 0.3) is 0 Å². The number of amides is 2. The van der Waals surface area contributed by atoms with E-state index in [-0.39, 0.29) is 16.5 Å². The van der Waals surface area contributed by atoms with Gasteiger partial charge in [0.15, 0.2) is 0 Å². The highest BCUT2D eigenvalue weighted by Crippen LogP contribution is 2.18. The number of nitrogens with one attached hydrogen (secondary N) is 1. The maximum absolute atomic E-state index is 12.9. The van der Waals surface area contributed by atoms with Gasteiger partial charge in [-0.25, -0.2) is 4.39 Å². The lowest BCUT2D eigenvalue weighted by Gasteiger charge is -2.21. The standard InChI is InChI=1S/C13H16ClFN2O2/c1-3-7(2)11(12(16)18)17-13(19)9-5-4-8(15)6-10(9)14/h4-7,11H,3H2,1-2H3,(H2,16,18)(H,17,19). The zero-order valence-corrected chi connectivity index (χ0v) is 11.5. The summed E-state index contributed by atoms with van der Waals surface area (Å²) >= 11 is 5.78. The topological polar surface area (TPSA) is 72.2 Å². The molecule has 0 aliphatic carbocycles. The molecular formula is C13H16ClFN2O2. The van der Waals surface area contributed by atoms with Gasteiger partial charge in [0.05, 0.1) is 10.6 Å². The van der Waals surface area contributed by atoms with E-state index in [2.05, 4.69) is 5.32 Å². The number of primary amides is 1. The molecule has 1 aromatic carbocycles. The quantitative estimate of drug-likeness (QED) is 0.870. The molecule has 1 aromatic rings. The van der Waals surface area contributed by atoms with Crippen LogP contribution in [0.4, 0.5) is 4.39 Å². The molecule has 0 spiro atoms. The van der Waals surface area contributed by atoms with Gasteiger partial charge in [-0.1, -0.05) is 31.9 Å². The van der Waals surface area contributed by atoms with Gasteiger partial charge < -0.3 is 11.1 Å². The van der Waals surface area contributed by atoms with Gasteiger partial charge in [0.1, 0.15) is 11.9 Å². The van der Waals surface area contributed by atoms with Gasteiger partial charge in [0.25, 0.3) is 5.91 Å². The van der Waals surface area contributed by atoms with E-state index in [1.807, 2.05) is 13.8 Å². The van der Waals surface area contributed by atoms with Crippen molar-refractivity contribution in [3.8, 4) is 0 Å². The summed E-state index contributed by atoms with van der Waals surface area (Å²) in [6.07, 6.45) is 0.686. The molecule has 19 heavy (non-hydrogen) atoms. The van der Waals surface area contributed by atoms with E-state index in [1.54, 1.807) is 0 Å². The van der Waals surface area contributed by atoms with Gasteiger partial charge in [0, 0.05) is 0 Å². The summed E-state index contributed by atoms with van der Waals surface area (Å²) in [5.74, 6) is -1.79. The number of carbonyl (C=O) groups excluding carboxylic acids is 2. The second-order valence-electron chi connectivity index (χ2n) is 4.36. The second kappa shape index (κ2) is 6.52. The number of benzene rings is 1. The fourth-order valence-corrected chi connectivity index (χ4v) is 1.88. The molecule has 0 saturated heterocycles. The Hall–Kier alpha value is -1.62. The van der Waals surface area contributed by atoms with Crippen LogP contribution in [0, 0.1) is 11.7 Å². The fraction of sp³-hybridized carbons (Fsp3) is 0.385. The number of halogens is 2. The third-order valence-corrected chi connectivity index (χ3v) is 3.29. The Morgan fingerprint density at radius 1 is 1.47 bits per heavy atom. The van der Waals surface area contributed by atoms with E-state index in [0.29, 0.717) is 6.42 Å². The molecule has 104 valence electrons. The number of hydrogen-bond acceptors (Lipinski definition) is 2. The van der Waals surface area contributed by atoms with Crippen LogP contribution in [0.1, 0.15) is 30.6 Å². The van der Waals surface area contributed by atoms with Crippen molar-refractivity contribution in [3.63, 3.8) is 0 Å². The van der Waals surface area contributed by atoms with Gasteiger partial charge >= 0.3 is 0 Å². The Bertz CT molecular complexity index is 494. The van der Waals surface area contributed by atoms with Crippen molar-refractivity contribution in [1.82, 2.24) is 5.32 Å². The second-order valence-corrected chi connectivity index (χ2v) is 4.77. The van der Waals surface area contributed by atoms with Gasteiger partial charge in [-0.2, -0.15) is 0 Å². The normalized spacial score (nSPS) is 13.7. The van der Waals surface area contributed by atoms with E-state index in [4.69, 9.17) is 17.3 Å². The maximum atomic E-state index is 12.9. The summed E-state index contributed by atoms with van der Waals surface area (Å²) < 4.78 is 12.9. The molecule has 0 radical (unpaired) electrons. The Balaban J connectivity index is 2.91. The lowest BCUT2D eigenvalue weighted by atomic mass is 9.98. The molecule has 0 heterocycles. The highest BCUT2D eigenvalue weighted by atomic mass is 35.5. The first-order valence-electron chi connectivity index (χ1n) is 5.92. The largest absolute Gasteiger partial charge is 0.368 e. The summed E-state index contributed by atoms with van der Waals surface area (Å²) in [6.45, 7) is 3.69. The maximum Gasteiger partial charge on any atom is 0.253 e. The number of hydrogen-bond donors (Lipinski definition) is 2. The molecule has 1 rings (SSSR count). The molecule has 4 nitrogen and oxygen atoms in total. The Morgan fingerprint density at radius 3 is 2.58 bits per heavy atom. The van der Waals surface area contributed by atoms with Crippen LogP contribution >= 0.6 is 11.6 Å². The minimum Gasteiger partial charge on any atom is -0.368 e. The number of rotatable bonds is 5. The van der Waals surface area contributed by atoms with Crippen molar-refractivity contribution in [2.24, 2.45) is 11.7 Å². The molecule has 0 aliphatic heterocycles. The van der Waals surface area contributed by atoms with E-state index >= 15 is 0 Å². The summed E-state index contributed by atoms with van der Waals surface area (Å²) in [4.78, 5) is 23.3. The third-order valence-electron chi connectivity index (χ3n) is 2.98. The fourth-order valence-electron chi connectivity index (χ4n) is 1.62. The van der Waals surface area contributed by atoms with Gasteiger partial charge in [0.2, 0.25) is 5.91 Å². The molecule has 0 bridgehead atoms. The average Bonchev–Trinajstić information content (AvgIpc) is 2.34. The predicted molar refractivity (Wildman–Crippen MR) is 71.3 cm³/mol. The average molecular weight is 287 g/mol. The van der Waals surface area contributed by atoms with Crippen molar-refractivity contribution in [3.05, 3.63) is 34.6 Å². The highest BCUT2D eigenvalue weighted by molar-refractivity contribution is 6.33. The summed E-state index contributed by atoms with van der Waals surface area (Å²) in [7, 11) is 0.